The summed E-state index contributed by atoms with van der Waals surface area (Å²) in [5.41, 5.74) is 5.63. The van der Waals surface area contributed by atoms with E-state index in [2.05, 4.69) is 0 Å². The van der Waals surface area contributed by atoms with Crippen LogP contribution in [0.4, 0.5) is 0 Å². The topological polar surface area (TPSA) is 63.3 Å². The summed E-state index contributed by atoms with van der Waals surface area (Å²) in [4.78, 5) is 11.7. The maximum Gasteiger partial charge on any atom is 0.221 e. The largest absolute Gasteiger partial charge is 0.393 e. The van der Waals surface area contributed by atoms with E-state index in [0.717, 1.165) is 25.7 Å². The van der Waals surface area contributed by atoms with Gasteiger partial charge in [0, 0.05) is 5.92 Å². The lowest BCUT2D eigenvalue weighted by molar-refractivity contribution is -0.127. The van der Waals surface area contributed by atoms with Crippen molar-refractivity contribution in [2.24, 2.45) is 23.5 Å². The summed E-state index contributed by atoms with van der Waals surface area (Å²) in [6.07, 6.45) is 9.67. The quantitative estimate of drug-likeness (QED) is 0.793. The Kier molecular flexibility index (Phi) is 4.43. The molecule has 2 aliphatic carbocycles. The van der Waals surface area contributed by atoms with Crippen LogP contribution < -0.4 is 5.73 Å². The zero-order chi connectivity index (χ0) is 12.3. The number of primary amides is 1. The number of carbonyl (C=O) groups is 1. The van der Waals surface area contributed by atoms with Crippen LogP contribution in [-0.4, -0.2) is 17.1 Å². The average Bonchev–Trinajstić information content (AvgIpc) is 2.33. The van der Waals surface area contributed by atoms with Gasteiger partial charge in [0.15, 0.2) is 0 Å². The number of hydrogen-bond donors (Lipinski definition) is 2. The summed E-state index contributed by atoms with van der Waals surface area (Å²) in [5, 5.41) is 9.54. The molecular weight excluding hydrogens is 214 g/mol. The first-order valence-electron chi connectivity index (χ1n) is 7.16. The first-order valence-corrected chi connectivity index (χ1v) is 7.16. The molecule has 98 valence electrons. The van der Waals surface area contributed by atoms with E-state index in [1.54, 1.807) is 0 Å². The molecule has 0 radical (unpaired) electrons. The van der Waals surface area contributed by atoms with E-state index in [1.807, 2.05) is 0 Å². The highest BCUT2D eigenvalue weighted by atomic mass is 16.3. The average molecular weight is 239 g/mol. The standard InChI is InChI=1S/C14H25NO2/c15-14(17)13(10-4-2-1-3-5-10)11-6-8-12(16)9-7-11/h10-13,16H,1-9H2,(H2,15,17). The summed E-state index contributed by atoms with van der Waals surface area (Å²) in [6.45, 7) is 0. The molecule has 17 heavy (non-hydrogen) atoms. The van der Waals surface area contributed by atoms with Crippen LogP contribution in [0.5, 0.6) is 0 Å². The van der Waals surface area contributed by atoms with Gasteiger partial charge in [-0.1, -0.05) is 19.3 Å². The number of rotatable bonds is 3. The van der Waals surface area contributed by atoms with E-state index < -0.39 is 0 Å². The molecule has 2 saturated carbocycles. The zero-order valence-corrected chi connectivity index (χ0v) is 10.6. The van der Waals surface area contributed by atoms with Crippen LogP contribution in [0.25, 0.3) is 0 Å². The second kappa shape index (κ2) is 5.85. The Hall–Kier alpha value is -0.570. The molecule has 0 spiro atoms. The summed E-state index contributed by atoms with van der Waals surface area (Å²) >= 11 is 0. The van der Waals surface area contributed by atoms with Crippen molar-refractivity contribution in [3.8, 4) is 0 Å². The molecule has 1 amide bonds. The van der Waals surface area contributed by atoms with Crippen LogP contribution in [0.3, 0.4) is 0 Å². The minimum absolute atomic E-state index is 0.0720. The van der Waals surface area contributed by atoms with Crippen molar-refractivity contribution >= 4 is 5.91 Å². The molecule has 3 N–H and O–H groups in total. The molecule has 0 heterocycles. The highest BCUT2D eigenvalue weighted by Gasteiger charge is 2.36. The molecule has 0 saturated heterocycles. The number of carbonyl (C=O) groups excluding carboxylic acids is 1. The summed E-state index contributed by atoms with van der Waals surface area (Å²) in [7, 11) is 0. The number of aliphatic hydroxyl groups excluding tert-OH is 1. The molecule has 0 aromatic carbocycles. The van der Waals surface area contributed by atoms with Gasteiger partial charge in [0.2, 0.25) is 5.91 Å². The number of hydrogen-bond acceptors (Lipinski definition) is 2. The van der Waals surface area contributed by atoms with Gasteiger partial charge in [0.05, 0.1) is 6.10 Å². The van der Waals surface area contributed by atoms with Gasteiger partial charge in [-0.15, -0.1) is 0 Å². The second-order valence-corrected chi connectivity index (χ2v) is 5.89. The zero-order valence-electron chi connectivity index (χ0n) is 10.6. The van der Waals surface area contributed by atoms with Crippen molar-refractivity contribution in [3.63, 3.8) is 0 Å². The van der Waals surface area contributed by atoms with E-state index in [4.69, 9.17) is 5.73 Å². The van der Waals surface area contributed by atoms with Gasteiger partial charge in [0.25, 0.3) is 0 Å². The van der Waals surface area contributed by atoms with Crippen LogP contribution >= 0.6 is 0 Å². The van der Waals surface area contributed by atoms with Gasteiger partial charge < -0.3 is 10.8 Å². The van der Waals surface area contributed by atoms with Crippen LogP contribution in [0.1, 0.15) is 57.8 Å². The predicted octanol–water partition coefficient (Wildman–Crippen LogP) is 2.22. The van der Waals surface area contributed by atoms with E-state index in [9.17, 15) is 9.90 Å². The van der Waals surface area contributed by atoms with Crippen LogP contribution in [0.15, 0.2) is 0 Å². The van der Waals surface area contributed by atoms with Crippen molar-refractivity contribution < 1.29 is 9.90 Å². The predicted molar refractivity (Wildman–Crippen MR) is 67.2 cm³/mol. The van der Waals surface area contributed by atoms with Crippen molar-refractivity contribution in [2.75, 3.05) is 0 Å². The molecule has 1 unspecified atom stereocenters. The Morgan fingerprint density at radius 3 is 2.00 bits per heavy atom. The second-order valence-electron chi connectivity index (χ2n) is 5.89. The highest BCUT2D eigenvalue weighted by molar-refractivity contribution is 5.77. The van der Waals surface area contributed by atoms with E-state index in [0.29, 0.717) is 11.8 Å². The van der Waals surface area contributed by atoms with E-state index >= 15 is 0 Å². The Bertz CT molecular complexity index is 253. The molecule has 0 bridgehead atoms. The molecule has 2 aliphatic rings. The molecule has 3 nitrogen and oxygen atoms in total. The third-order valence-corrected chi connectivity index (χ3v) is 4.74. The van der Waals surface area contributed by atoms with Crippen LogP contribution in [0, 0.1) is 17.8 Å². The van der Waals surface area contributed by atoms with Crippen molar-refractivity contribution in [1.82, 2.24) is 0 Å². The van der Waals surface area contributed by atoms with E-state index in [-0.39, 0.29) is 17.9 Å². The molecule has 1 atom stereocenters. The highest BCUT2D eigenvalue weighted by Crippen LogP contribution is 2.39. The van der Waals surface area contributed by atoms with Gasteiger partial charge in [-0.3, -0.25) is 4.79 Å². The van der Waals surface area contributed by atoms with Gasteiger partial charge >= 0.3 is 0 Å². The lowest BCUT2D eigenvalue weighted by Crippen LogP contribution is -2.39. The van der Waals surface area contributed by atoms with Gasteiger partial charge in [-0.25, -0.2) is 0 Å². The molecule has 0 aromatic heterocycles. The number of aliphatic hydroxyl groups is 1. The minimum atomic E-state index is -0.147. The lowest BCUT2D eigenvalue weighted by Gasteiger charge is -2.36. The fourth-order valence-corrected chi connectivity index (χ4v) is 3.80. The van der Waals surface area contributed by atoms with Gasteiger partial charge in [-0.05, 0) is 50.4 Å². The number of amides is 1. The maximum atomic E-state index is 11.7. The Morgan fingerprint density at radius 1 is 0.941 bits per heavy atom. The third kappa shape index (κ3) is 3.21. The Balaban J connectivity index is 1.98. The van der Waals surface area contributed by atoms with Crippen LogP contribution in [0.2, 0.25) is 0 Å². The molecule has 2 rings (SSSR count). The lowest BCUT2D eigenvalue weighted by atomic mass is 9.69. The summed E-state index contributed by atoms with van der Waals surface area (Å²) in [6, 6.07) is 0. The first kappa shape index (κ1) is 12.9. The SMILES string of the molecule is NC(=O)C(C1CCCCC1)C1CCC(O)CC1. The number of nitrogens with two attached hydrogens (primary N) is 1. The first-order chi connectivity index (χ1) is 8.18. The smallest absolute Gasteiger partial charge is 0.221 e. The Morgan fingerprint density at radius 2 is 1.47 bits per heavy atom. The molecular formula is C14H25NO2. The fraction of sp³-hybridized carbons (Fsp3) is 0.929. The maximum absolute atomic E-state index is 11.7. The fourth-order valence-electron chi connectivity index (χ4n) is 3.80. The van der Waals surface area contributed by atoms with Crippen molar-refractivity contribution in [1.29, 1.82) is 0 Å². The summed E-state index contributed by atoms with van der Waals surface area (Å²) in [5.74, 6) is 0.918. The van der Waals surface area contributed by atoms with Crippen molar-refractivity contribution in [3.05, 3.63) is 0 Å². The molecule has 3 heteroatoms. The van der Waals surface area contributed by atoms with Crippen LogP contribution in [-0.2, 0) is 4.79 Å². The summed E-state index contributed by atoms with van der Waals surface area (Å²) < 4.78 is 0. The minimum Gasteiger partial charge on any atom is -0.393 e. The van der Waals surface area contributed by atoms with Gasteiger partial charge in [0.1, 0.15) is 0 Å². The normalized spacial score (nSPS) is 33.2. The molecule has 0 aliphatic heterocycles. The third-order valence-electron chi connectivity index (χ3n) is 4.74. The van der Waals surface area contributed by atoms with Gasteiger partial charge in [-0.2, -0.15) is 0 Å². The van der Waals surface area contributed by atoms with Crippen molar-refractivity contribution in [2.45, 2.75) is 63.9 Å². The Labute approximate surface area is 104 Å². The molecule has 2 fully saturated rings. The van der Waals surface area contributed by atoms with E-state index in [1.165, 1.54) is 32.1 Å². The molecule has 0 aromatic rings. The monoisotopic (exact) mass is 239 g/mol.